The predicted molar refractivity (Wildman–Crippen MR) is 93.9 cm³/mol. The Labute approximate surface area is 147 Å². The Morgan fingerprint density at radius 3 is 2.44 bits per heavy atom. The standard InChI is InChI=1S/C18H26F2N4O/c1-3-9-18(19,20)14-21-23-10-12-24(13-11-23)22-17(25)15(2)16-7-5-4-6-8-16/h3-8,15,21H,1,9-14H2,2H3,(H,22,25)/t15-/m0/s1. The van der Waals surface area contributed by atoms with Crippen molar-refractivity contribution in [2.75, 3.05) is 32.7 Å². The van der Waals surface area contributed by atoms with Gasteiger partial charge in [-0.3, -0.25) is 10.2 Å². The van der Waals surface area contributed by atoms with Crippen molar-refractivity contribution in [3.05, 3.63) is 48.6 Å². The average Bonchev–Trinajstić information content (AvgIpc) is 2.61. The SMILES string of the molecule is C=CCC(F)(F)CNN1CCN(NC(=O)[C@@H](C)c2ccccc2)CC1. The van der Waals surface area contributed by atoms with Crippen LogP contribution in [0.5, 0.6) is 0 Å². The Morgan fingerprint density at radius 2 is 1.84 bits per heavy atom. The molecule has 0 unspecified atom stereocenters. The van der Waals surface area contributed by atoms with E-state index in [4.69, 9.17) is 0 Å². The van der Waals surface area contributed by atoms with E-state index in [2.05, 4.69) is 17.4 Å². The van der Waals surface area contributed by atoms with Crippen LogP contribution in [-0.4, -0.2) is 54.6 Å². The highest BCUT2D eigenvalue weighted by Crippen LogP contribution is 2.17. The van der Waals surface area contributed by atoms with Crippen molar-refractivity contribution >= 4 is 5.91 Å². The lowest BCUT2D eigenvalue weighted by Crippen LogP contribution is -2.58. The largest absolute Gasteiger partial charge is 0.288 e. The molecule has 0 aromatic heterocycles. The Balaban J connectivity index is 1.73. The van der Waals surface area contributed by atoms with Gasteiger partial charge in [0.05, 0.1) is 12.5 Å². The molecule has 25 heavy (non-hydrogen) atoms. The molecule has 0 radical (unpaired) electrons. The number of carbonyl (C=O) groups is 1. The van der Waals surface area contributed by atoms with Gasteiger partial charge in [-0.2, -0.15) is 0 Å². The Bertz CT molecular complexity index is 559. The number of piperazine rings is 1. The Morgan fingerprint density at radius 1 is 1.24 bits per heavy atom. The van der Waals surface area contributed by atoms with E-state index in [0.29, 0.717) is 26.2 Å². The maximum absolute atomic E-state index is 13.5. The average molecular weight is 352 g/mol. The molecule has 5 nitrogen and oxygen atoms in total. The molecule has 1 aliphatic heterocycles. The molecular weight excluding hydrogens is 326 g/mol. The van der Waals surface area contributed by atoms with Gasteiger partial charge >= 0.3 is 0 Å². The van der Waals surface area contributed by atoms with Crippen LogP contribution in [0.4, 0.5) is 8.78 Å². The third kappa shape index (κ3) is 6.19. The van der Waals surface area contributed by atoms with Gasteiger partial charge in [0.25, 0.3) is 5.92 Å². The van der Waals surface area contributed by atoms with Gasteiger partial charge < -0.3 is 0 Å². The molecule has 2 N–H and O–H groups in total. The van der Waals surface area contributed by atoms with Crippen molar-refractivity contribution in [3.63, 3.8) is 0 Å². The number of benzene rings is 1. The molecule has 138 valence electrons. The first kappa shape index (κ1) is 19.5. The lowest BCUT2D eigenvalue weighted by Gasteiger charge is -2.36. The van der Waals surface area contributed by atoms with Crippen LogP contribution in [-0.2, 0) is 4.79 Å². The van der Waals surface area contributed by atoms with E-state index in [1.165, 1.54) is 6.08 Å². The first-order valence-corrected chi connectivity index (χ1v) is 8.49. The third-order valence-electron chi connectivity index (χ3n) is 4.25. The van der Waals surface area contributed by atoms with Crippen molar-refractivity contribution in [2.24, 2.45) is 0 Å². The number of hydrazine groups is 2. The Hall–Kier alpha value is -1.83. The molecule has 7 heteroatoms. The molecule has 1 fully saturated rings. The van der Waals surface area contributed by atoms with Crippen LogP contribution in [0.3, 0.4) is 0 Å². The summed E-state index contributed by atoms with van der Waals surface area (Å²) in [5.74, 6) is -3.10. The van der Waals surface area contributed by atoms with Gasteiger partial charge in [0, 0.05) is 32.6 Å². The second-order valence-corrected chi connectivity index (χ2v) is 6.27. The van der Waals surface area contributed by atoms with Gasteiger partial charge in [-0.05, 0) is 12.5 Å². The highest BCUT2D eigenvalue weighted by Gasteiger charge is 2.28. The van der Waals surface area contributed by atoms with E-state index in [0.717, 1.165) is 5.56 Å². The smallest absolute Gasteiger partial charge is 0.265 e. The van der Waals surface area contributed by atoms with E-state index >= 15 is 0 Å². The van der Waals surface area contributed by atoms with Gasteiger partial charge in [0.2, 0.25) is 5.91 Å². The molecular formula is C18H26F2N4O. The molecule has 2 rings (SSSR count). The van der Waals surface area contributed by atoms with E-state index < -0.39 is 12.5 Å². The number of rotatable bonds is 8. The second kappa shape index (κ2) is 9.03. The van der Waals surface area contributed by atoms with Crippen LogP contribution >= 0.6 is 0 Å². The fourth-order valence-electron chi connectivity index (χ4n) is 2.63. The van der Waals surface area contributed by atoms with Crippen molar-refractivity contribution < 1.29 is 13.6 Å². The second-order valence-electron chi connectivity index (χ2n) is 6.27. The van der Waals surface area contributed by atoms with Crippen LogP contribution in [0.25, 0.3) is 0 Å². The molecule has 1 aromatic rings. The summed E-state index contributed by atoms with van der Waals surface area (Å²) in [6, 6.07) is 9.58. The molecule has 0 aliphatic carbocycles. The molecule has 1 heterocycles. The Kier molecular flexibility index (Phi) is 7.04. The molecule has 1 saturated heterocycles. The molecule has 0 spiro atoms. The quantitative estimate of drug-likeness (QED) is 0.704. The van der Waals surface area contributed by atoms with Crippen LogP contribution in [0.2, 0.25) is 0 Å². The molecule has 1 aromatic carbocycles. The zero-order valence-electron chi connectivity index (χ0n) is 14.5. The number of nitrogens with zero attached hydrogens (tertiary/aromatic N) is 2. The summed E-state index contributed by atoms with van der Waals surface area (Å²) in [4.78, 5) is 12.3. The molecule has 1 aliphatic rings. The normalized spacial score (nSPS) is 17.9. The highest BCUT2D eigenvalue weighted by atomic mass is 19.3. The van der Waals surface area contributed by atoms with Crippen LogP contribution in [0.15, 0.2) is 43.0 Å². The fraction of sp³-hybridized carbons (Fsp3) is 0.500. The monoisotopic (exact) mass is 352 g/mol. The first-order chi connectivity index (χ1) is 11.9. The molecule has 0 bridgehead atoms. The number of halogens is 2. The summed E-state index contributed by atoms with van der Waals surface area (Å²) in [6.45, 7) is 7.08. The topological polar surface area (TPSA) is 47.6 Å². The van der Waals surface area contributed by atoms with Crippen molar-refractivity contribution in [1.29, 1.82) is 0 Å². The van der Waals surface area contributed by atoms with E-state index in [9.17, 15) is 13.6 Å². The molecule has 1 atom stereocenters. The summed E-state index contributed by atoms with van der Waals surface area (Å²) in [6.07, 6.45) is 0.885. The highest BCUT2D eigenvalue weighted by molar-refractivity contribution is 5.82. The van der Waals surface area contributed by atoms with Gasteiger partial charge in [0.1, 0.15) is 0 Å². The summed E-state index contributed by atoms with van der Waals surface area (Å²) < 4.78 is 26.9. The van der Waals surface area contributed by atoms with E-state index in [1.807, 2.05) is 42.3 Å². The zero-order valence-corrected chi connectivity index (χ0v) is 14.5. The number of alkyl halides is 2. The number of hydrogen-bond donors (Lipinski definition) is 2. The number of nitrogens with one attached hydrogen (secondary N) is 2. The zero-order chi connectivity index (χ0) is 18.3. The molecule has 0 saturated carbocycles. The van der Waals surface area contributed by atoms with Crippen molar-refractivity contribution in [3.8, 4) is 0 Å². The summed E-state index contributed by atoms with van der Waals surface area (Å²) >= 11 is 0. The third-order valence-corrected chi connectivity index (χ3v) is 4.25. The minimum Gasteiger partial charge on any atom is -0.288 e. The van der Waals surface area contributed by atoms with Gasteiger partial charge in [0.15, 0.2) is 0 Å². The van der Waals surface area contributed by atoms with Crippen molar-refractivity contribution in [1.82, 2.24) is 20.9 Å². The minimum atomic E-state index is -2.79. The van der Waals surface area contributed by atoms with Gasteiger partial charge in [-0.25, -0.2) is 24.2 Å². The number of allylic oxidation sites excluding steroid dienone is 1. The number of hydrogen-bond acceptors (Lipinski definition) is 4. The van der Waals surface area contributed by atoms with Gasteiger partial charge in [-0.1, -0.05) is 36.4 Å². The molecule has 1 amide bonds. The van der Waals surface area contributed by atoms with Crippen LogP contribution in [0.1, 0.15) is 24.8 Å². The maximum atomic E-state index is 13.5. The van der Waals surface area contributed by atoms with E-state index in [1.54, 1.807) is 5.01 Å². The summed E-state index contributed by atoms with van der Waals surface area (Å²) in [7, 11) is 0. The maximum Gasteiger partial charge on any atom is 0.265 e. The van der Waals surface area contributed by atoms with Crippen LogP contribution in [0, 0.1) is 0 Å². The summed E-state index contributed by atoms with van der Waals surface area (Å²) in [5, 5.41) is 3.60. The summed E-state index contributed by atoms with van der Waals surface area (Å²) in [5.41, 5.74) is 6.64. The van der Waals surface area contributed by atoms with Gasteiger partial charge in [-0.15, -0.1) is 6.58 Å². The number of amides is 1. The minimum absolute atomic E-state index is 0.0647. The predicted octanol–water partition coefficient (Wildman–Crippen LogP) is 2.15. The fourth-order valence-corrected chi connectivity index (χ4v) is 2.63. The van der Waals surface area contributed by atoms with Crippen molar-refractivity contribution in [2.45, 2.75) is 25.2 Å². The number of carbonyl (C=O) groups excluding carboxylic acids is 1. The van der Waals surface area contributed by atoms with Crippen LogP contribution < -0.4 is 10.9 Å². The lowest BCUT2D eigenvalue weighted by molar-refractivity contribution is -0.128. The van der Waals surface area contributed by atoms with E-state index in [-0.39, 0.29) is 18.2 Å². The lowest BCUT2D eigenvalue weighted by atomic mass is 10.0. The first-order valence-electron chi connectivity index (χ1n) is 8.49.